The summed E-state index contributed by atoms with van der Waals surface area (Å²) in [6.07, 6.45) is 3.14. The van der Waals surface area contributed by atoms with Crippen LogP contribution in [0.5, 0.6) is 5.75 Å². The lowest BCUT2D eigenvalue weighted by atomic mass is 10.1. The average molecular weight is 287 g/mol. The van der Waals surface area contributed by atoms with Crippen molar-refractivity contribution >= 4 is 5.82 Å². The molecule has 0 atom stereocenters. The van der Waals surface area contributed by atoms with Gasteiger partial charge in [0.1, 0.15) is 23.1 Å². The third kappa shape index (κ3) is 3.20. The smallest absolute Gasteiger partial charge is 0.131 e. The Labute approximate surface area is 127 Å². The van der Waals surface area contributed by atoms with E-state index in [1.54, 1.807) is 0 Å². The molecular formula is C17H25N3O. The number of aryl methyl sites for hydroxylation is 1. The number of benzene rings is 1. The molecular weight excluding hydrogens is 262 g/mol. The van der Waals surface area contributed by atoms with Gasteiger partial charge in [0.05, 0.1) is 6.61 Å². The summed E-state index contributed by atoms with van der Waals surface area (Å²) in [7, 11) is 0. The van der Waals surface area contributed by atoms with Gasteiger partial charge in [-0.05, 0) is 25.5 Å². The average Bonchev–Trinajstić information content (AvgIpc) is 2.82. The molecule has 0 saturated heterocycles. The number of rotatable bonds is 7. The molecule has 0 amide bonds. The van der Waals surface area contributed by atoms with Crippen molar-refractivity contribution in [2.45, 2.75) is 46.6 Å². The first-order valence-electron chi connectivity index (χ1n) is 7.79. The van der Waals surface area contributed by atoms with Crippen molar-refractivity contribution in [2.24, 2.45) is 0 Å². The van der Waals surface area contributed by atoms with Crippen LogP contribution in [0.15, 0.2) is 24.3 Å². The third-order valence-corrected chi connectivity index (χ3v) is 3.58. The minimum atomic E-state index is 0.633. The van der Waals surface area contributed by atoms with Crippen LogP contribution in [0.4, 0.5) is 5.82 Å². The molecule has 0 spiro atoms. The Morgan fingerprint density at radius 3 is 2.62 bits per heavy atom. The monoisotopic (exact) mass is 287 g/mol. The van der Waals surface area contributed by atoms with Gasteiger partial charge in [-0.2, -0.15) is 0 Å². The fraction of sp³-hybridized carbons (Fsp3) is 0.471. The van der Waals surface area contributed by atoms with Crippen molar-refractivity contribution in [2.75, 3.05) is 12.3 Å². The summed E-state index contributed by atoms with van der Waals surface area (Å²) >= 11 is 0. The summed E-state index contributed by atoms with van der Waals surface area (Å²) in [5.41, 5.74) is 8.18. The molecule has 1 aromatic heterocycles. The molecule has 0 aliphatic heterocycles. The highest BCUT2D eigenvalue weighted by Gasteiger charge is 2.17. The van der Waals surface area contributed by atoms with Crippen LogP contribution in [0.2, 0.25) is 0 Å². The third-order valence-electron chi connectivity index (χ3n) is 3.58. The molecule has 0 aliphatic carbocycles. The van der Waals surface area contributed by atoms with E-state index in [0.717, 1.165) is 54.5 Å². The molecule has 21 heavy (non-hydrogen) atoms. The van der Waals surface area contributed by atoms with Crippen LogP contribution >= 0.6 is 0 Å². The van der Waals surface area contributed by atoms with Gasteiger partial charge >= 0.3 is 0 Å². The second kappa shape index (κ2) is 7.16. The normalized spacial score (nSPS) is 10.8. The first-order valence-corrected chi connectivity index (χ1v) is 7.79. The van der Waals surface area contributed by atoms with Crippen molar-refractivity contribution in [3.63, 3.8) is 0 Å². The van der Waals surface area contributed by atoms with Crippen LogP contribution in [0, 0.1) is 0 Å². The van der Waals surface area contributed by atoms with Crippen molar-refractivity contribution in [3.05, 3.63) is 30.1 Å². The van der Waals surface area contributed by atoms with Crippen molar-refractivity contribution in [3.8, 4) is 17.0 Å². The first-order chi connectivity index (χ1) is 10.2. The summed E-state index contributed by atoms with van der Waals surface area (Å²) in [5.74, 6) is 2.63. The quantitative estimate of drug-likeness (QED) is 0.840. The van der Waals surface area contributed by atoms with Gasteiger partial charge in [0.15, 0.2) is 0 Å². The summed E-state index contributed by atoms with van der Waals surface area (Å²) < 4.78 is 7.85. The fourth-order valence-corrected chi connectivity index (χ4v) is 2.49. The fourth-order valence-electron chi connectivity index (χ4n) is 2.49. The number of para-hydroxylation sites is 1. The lowest BCUT2D eigenvalue weighted by Crippen LogP contribution is -2.06. The molecule has 1 heterocycles. The van der Waals surface area contributed by atoms with E-state index in [4.69, 9.17) is 15.5 Å². The van der Waals surface area contributed by atoms with Crippen LogP contribution in [0.1, 0.15) is 39.4 Å². The van der Waals surface area contributed by atoms with Gasteiger partial charge in [-0.1, -0.05) is 32.4 Å². The van der Waals surface area contributed by atoms with Crippen LogP contribution in [-0.4, -0.2) is 16.2 Å². The van der Waals surface area contributed by atoms with Gasteiger partial charge in [0.2, 0.25) is 0 Å². The van der Waals surface area contributed by atoms with E-state index in [0.29, 0.717) is 6.61 Å². The molecule has 0 bridgehead atoms. The predicted molar refractivity (Wildman–Crippen MR) is 87.5 cm³/mol. The topological polar surface area (TPSA) is 53.1 Å². The summed E-state index contributed by atoms with van der Waals surface area (Å²) in [6, 6.07) is 7.95. The molecule has 1 aromatic carbocycles. The van der Waals surface area contributed by atoms with Crippen LogP contribution in [-0.2, 0) is 13.0 Å². The predicted octanol–water partition coefficient (Wildman–Crippen LogP) is 3.89. The highest BCUT2D eigenvalue weighted by atomic mass is 16.5. The molecule has 0 fully saturated rings. The molecule has 0 saturated carbocycles. The Hall–Kier alpha value is -1.97. The Morgan fingerprint density at radius 2 is 1.95 bits per heavy atom. The number of ether oxygens (including phenoxy) is 1. The second-order valence-corrected chi connectivity index (χ2v) is 5.05. The van der Waals surface area contributed by atoms with Crippen molar-refractivity contribution in [1.29, 1.82) is 0 Å². The number of hydrogen-bond donors (Lipinski definition) is 1. The Bertz CT molecular complexity index is 590. The van der Waals surface area contributed by atoms with Gasteiger partial charge in [-0.25, -0.2) is 4.98 Å². The number of imidazole rings is 1. The van der Waals surface area contributed by atoms with E-state index in [-0.39, 0.29) is 0 Å². The highest BCUT2D eigenvalue weighted by molar-refractivity contribution is 5.76. The molecule has 4 nitrogen and oxygen atoms in total. The van der Waals surface area contributed by atoms with Crippen molar-refractivity contribution < 1.29 is 4.74 Å². The maximum absolute atomic E-state index is 6.36. The van der Waals surface area contributed by atoms with Gasteiger partial charge in [0.25, 0.3) is 0 Å². The number of nitrogen functional groups attached to an aromatic ring is 1. The zero-order valence-corrected chi connectivity index (χ0v) is 13.2. The molecule has 2 rings (SSSR count). The molecule has 4 heteroatoms. The zero-order valence-electron chi connectivity index (χ0n) is 13.2. The Morgan fingerprint density at radius 1 is 1.19 bits per heavy atom. The second-order valence-electron chi connectivity index (χ2n) is 5.05. The lowest BCUT2D eigenvalue weighted by molar-refractivity contribution is 0.341. The highest BCUT2D eigenvalue weighted by Crippen LogP contribution is 2.34. The summed E-state index contributed by atoms with van der Waals surface area (Å²) in [5, 5.41) is 0. The van der Waals surface area contributed by atoms with Gasteiger partial charge in [0, 0.05) is 18.5 Å². The van der Waals surface area contributed by atoms with E-state index in [1.165, 1.54) is 0 Å². The molecule has 2 N–H and O–H groups in total. The van der Waals surface area contributed by atoms with E-state index < -0.39 is 0 Å². The maximum atomic E-state index is 6.36. The SMILES string of the molecule is CCCCn1c(CC)nc(-c2ccccc2OCC)c1N. The van der Waals surface area contributed by atoms with Crippen LogP contribution < -0.4 is 10.5 Å². The molecule has 0 aliphatic rings. The number of aromatic nitrogens is 2. The summed E-state index contributed by atoms with van der Waals surface area (Å²) in [6.45, 7) is 7.84. The number of nitrogens with zero attached hydrogens (tertiary/aromatic N) is 2. The number of hydrogen-bond acceptors (Lipinski definition) is 3. The summed E-state index contributed by atoms with van der Waals surface area (Å²) in [4.78, 5) is 4.75. The van der Waals surface area contributed by atoms with E-state index in [1.807, 2.05) is 31.2 Å². The van der Waals surface area contributed by atoms with Gasteiger partial charge < -0.3 is 15.0 Å². The van der Waals surface area contributed by atoms with E-state index in [2.05, 4.69) is 18.4 Å². The Kier molecular flexibility index (Phi) is 5.26. The minimum Gasteiger partial charge on any atom is -0.493 e. The minimum absolute atomic E-state index is 0.633. The van der Waals surface area contributed by atoms with E-state index in [9.17, 15) is 0 Å². The number of anilines is 1. The van der Waals surface area contributed by atoms with Gasteiger partial charge in [-0.15, -0.1) is 0 Å². The molecule has 0 radical (unpaired) electrons. The number of unbranched alkanes of at least 4 members (excludes halogenated alkanes) is 1. The van der Waals surface area contributed by atoms with Gasteiger partial charge in [-0.3, -0.25) is 0 Å². The Balaban J connectivity index is 2.47. The van der Waals surface area contributed by atoms with Crippen LogP contribution in [0.25, 0.3) is 11.3 Å². The van der Waals surface area contributed by atoms with E-state index >= 15 is 0 Å². The van der Waals surface area contributed by atoms with Crippen LogP contribution in [0.3, 0.4) is 0 Å². The lowest BCUT2D eigenvalue weighted by Gasteiger charge is -2.10. The number of nitrogens with two attached hydrogens (primary N) is 1. The molecule has 0 unspecified atom stereocenters. The van der Waals surface area contributed by atoms with Crippen molar-refractivity contribution in [1.82, 2.24) is 9.55 Å². The first kappa shape index (κ1) is 15.4. The molecule has 114 valence electrons. The maximum Gasteiger partial charge on any atom is 0.131 e. The standard InChI is InChI=1S/C17H25N3O/c1-4-7-12-20-15(5-2)19-16(17(20)18)13-10-8-9-11-14(13)21-6-3/h8-11H,4-7,12,18H2,1-3H3. The zero-order chi connectivity index (χ0) is 15.2. The largest absolute Gasteiger partial charge is 0.493 e. The molecule has 2 aromatic rings.